The molecule has 2 aromatic rings. The van der Waals surface area contributed by atoms with Crippen LogP contribution in [-0.4, -0.2) is 35.9 Å². The highest BCUT2D eigenvalue weighted by Crippen LogP contribution is 2.27. The molecule has 0 atom stereocenters. The zero-order chi connectivity index (χ0) is 23.8. The van der Waals surface area contributed by atoms with Crippen LogP contribution in [-0.2, 0) is 22.6 Å². The van der Waals surface area contributed by atoms with Crippen molar-refractivity contribution in [3.63, 3.8) is 0 Å². The van der Waals surface area contributed by atoms with E-state index in [1.807, 2.05) is 51.2 Å². The molecule has 0 spiro atoms. The number of allylic oxidation sites excluding steroid dienone is 1. The standard InChI is InChI=1S/C24H36BrN3O3Si/c1-24(2,3)31-23(29)26-14-10-9-13-22-27-21(19-11-7-8-12-20(19)25)17-28(22)18-30-15-16-32(4,5)6/h7-8,10-12,14,17H,9,13,15-16,18H2,1-6H3,(H,26,29). The number of aryl methyl sites for hydroxylation is 1. The van der Waals surface area contributed by atoms with Gasteiger partial charge in [0.2, 0.25) is 0 Å². The predicted molar refractivity (Wildman–Crippen MR) is 136 cm³/mol. The van der Waals surface area contributed by atoms with Crippen molar-refractivity contribution in [2.24, 2.45) is 0 Å². The Balaban J connectivity index is 2.02. The molecular formula is C24H36BrN3O3Si. The Morgan fingerprint density at radius 2 is 1.97 bits per heavy atom. The first-order valence-corrected chi connectivity index (χ1v) is 15.5. The number of hydrogen-bond acceptors (Lipinski definition) is 4. The van der Waals surface area contributed by atoms with Crippen LogP contribution >= 0.6 is 15.9 Å². The first-order valence-electron chi connectivity index (χ1n) is 11.0. The summed E-state index contributed by atoms with van der Waals surface area (Å²) in [4.78, 5) is 16.6. The maximum absolute atomic E-state index is 11.7. The van der Waals surface area contributed by atoms with E-state index in [2.05, 4.69) is 51.5 Å². The van der Waals surface area contributed by atoms with Gasteiger partial charge in [-0.05, 0) is 39.3 Å². The number of hydrogen-bond donors (Lipinski definition) is 1. The lowest BCUT2D eigenvalue weighted by molar-refractivity contribution is 0.0552. The van der Waals surface area contributed by atoms with Crippen LogP contribution in [0.15, 0.2) is 47.2 Å². The number of carbonyl (C=O) groups is 1. The topological polar surface area (TPSA) is 65.4 Å². The van der Waals surface area contributed by atoms with E-state index >= 15 is 0 Å². The minimum atomic E-state index is -1.13. The summed E-state index contributed by atoms with van der Waals surface area (Å²) in [5, 5.41) is 2.64. The summed E-state index contributed by atoms with van der Waals surface area (Å²) in [5.74, 6) is 0.950. The molecule has 0 unspecified atom stereocenters. The normalized spacial score (nSPS) is 12.3. The number of halogens is 1. The quantitative estimate of drug-likeness (QED) is 0.282. The SMILES string of the molecule is CC(C)(C)OC(=O)NC=CCCc1nc(-c2ccccc2Br)cn1COCC[Si](C)(C)C. The van der Waals surface area contributed by atoms with Crippen LogP contribution in [0.5, 0.6) is 0 Å². The fraction of sp³-hybridized carbons (Fsp3) is 0.500. The van der Waals surface area contributed by atoms with Crippen molar-refractivity contribution in [1.29, 1.82) is 0 Å². The van der Waals surface area contributed by atoms with Crippen molar-refractivity contribution in [1.82, 2.24) is 14.9 Å². The highest BCUT2D eigenvalue weighted by Gasteiger charge is 2.15. The number of amides is 1. The number of aromatic nitrogens is 2. The van der Waals surface area contributed by atoms with Gasteiger partial charge in [-0.2, -0.15) is 0 Å². The van der Waals surface area contributed by atoms with Gasteiger partial charge < -0.3 is 14.0 Å². The highest BCUT2D eigenvalue weighted by atomic mass is 79.9. The van der Waals surface area contributed by atoms with Crippen molar-refractivity contribution >= 4 is 30.1 Å². The summed E-state index contributed by atoms with van der Waals surface area (Å²) in [6.07, 6.45) is 6.59. The number of nitrogens with one attached hydrogen (secondary N) is 1. The van der Waals surface area contributed by atoms with E-state index in [0.717, 1.165) is 47.0 Å². The Hall–Kier alpha value is -1.90. The van der Waals surface area contributed by atoms with Crippen molar-refractivity contribution in [2.75, 3.05) is 6.61 Å². The van der Waals surface area contributed by atoms with Gasteiger partial charge >= 0.3 is 6.09 Å². The molecule has 1 aromatic carbocycles. The monoisotopic (exact) mass is 521 g/mol. The minimum absolute atomic E-state index is 0.456. The third kappa shape index (κ3) is 9.71. The second kappa shape index (κ2) is 11.8. The Morgan fingerprint density at radius 3 is 2.62 bits per heavy atom. The van der Waals surface area contributed by atoms with Crippen LogP contribution in [0.3, 0.4) is 0 Å². The Kier molecular flexibility index (Phi) is 9.73. The van der Waals surface area contributed by atoms with Gasteiger partial charge in [-0.25, -0.2) is 9.78 Å². The average Bonchev–Trinajstić information content (AvgIpc) is 3.06. The number of benzene rings is 1. The smallest absolute Gasteiger partial charge is 0.411 e. The fourth-order valence-corrected chi connectivity index (χ4v) is 4.08. The third-order valence-electron chi connectivity index (χ3n) is 4.49. The molecule has 2 rings (SSSR count). The van der Waals surface area contributed by atoms with E-state index < -0.39 is 19.8 Å². The largest absolute Gasteiger partial charge is 0.444 e. The van der Waals surface area contributed by atoms with Crippen LogP contribution in [0.25, 0.3) is 11.3 Å². The van der Waals surface area contributed by atoms with Gasteiger partial charge in [0.25, 0.3) is 0 Å². The van der Waals surface area contributed by atoms with Crippen LogP contribution in [0.4, 0.5) is 4.79 Å². The van der Waals surface area contributed by atoms with Crippen LogP contribution < -0.4 is 5.32 Å². The van der Waals surface area contributed by atoms with Crippen LogP contribution in [0.1, 0.15) is 33.0 Å². The van der Waals surface area contributed by atoms with E-state index in [9.17, 15) is 4.79 Å². The molecule has 0 aliphatic heterocycles. The van der Waals surface area contributed by atoms with Crippen LogP contribution in [0.2, 0.25) is 25.7 Å². The second-order valence-corrected chi connectivity index (χ2v) is 16.4. The van der Waals surface area contributed by atoms with Gasteiger partial charge in [0.15, 0.2) is 0 Å². The third-order valence-corrected chi connectivity index (χ3v) is 6.88. The highest BCUT2D eigenvalue weighted by molar-refractivity contribution is 9.10. The summed E-state index contributed by atoms with van der Waals surface area (Å²) >= 11 is 3.62. The zero-order valence-corrected chi connectivity index (χ0v) is 22.7. The van der Waals surface area contributed by atoms with Gasteiger partial charge in [0, 0.05) is 43.5 Å². The lowest BCUT2D eigenvalue weighted by atomic mass is 10.2. The van der Waals surface area contributed by atoms with E-state index in [4.69, 9.17) is 14.5 Å². The molecule has 0 aliphatic carbocycles. The van der Waals surface area contributed by atoms with Gasteiger partial charge in [-0.1, -0.05) is 59.8 Å². The summed E-state index contributed by atoms with van der Waals surface area (Å²) in [7, 11) is -1.13. The van der Waals surface area contributed by atoms with Crippen LogP contribution in [0, 0.1) is 0 Å². The van der Waals surface area contributed by atoms with E-state index in [1.54, 1.807) is 6.20 Å². The van der Waals surface area contributed by atoms with Crippen molar-refractivity contribution in [3.05, 3.63) is 53.0 Å². The maximum atomic E-state index is 11.7. The molecule has 0 bridgehead atoms. The average molecular weight is 523 g/mol. The summed E-state index contributed by atoms with van der Waals surface area (Å²) < 4.78 is 14.3. The summed E-state index contributed by atoms with van der Waals surface area (Å²) in [6, 6.07) is 9.20. The molecule has 32 heavy (non-hydrogen) atoms. The summed E-state index contributed by atoms with van der Waals surface area (Å²) in [5.41, 5.74) is 1.45. The van der Waals surface area contributed by atoms with Crippen molar-refractivity contribution in [3.8, 4) is 11.3 Å². The van der Waals surface area contributed by atoms with E-state index in [-0.39, 0.29) is 0 Å². The van der Waals surface area contributed by atoms with Crippen molar-refractivity contribution < 1.29 is 14.3 Å². The Labute approximate surface area is 201 Å². The number of alkyl carbamates (subject to hydrolysis) is 1. The first-order chi connectivity index (χ1) is 14.9. The van der Waals surface area contributed by atoms with E-state index in [0.29, 0.717) is 6.73 Å². The van der Waals surface area contributed by atoms with Gasteiger partial charge in [-0.15, -0.1) is 0 Å². The molecule has 176 valence electrons. The molecule has 0 saturated carbocycles. The molecule has 0 saturated heterocycles. The molecule has 1 amide bonds. The number of carbonyl (C=O) groups excluding carboxylic acids is 1. The molecule has 8 heteroatoms. The second-order valence-electron chi connectivity index (χ2n) is 9.93. The van der Waals surface area contributed by atoms with Crippen molar-refractivity contribution in [2.45, 2.75) is 71.6 Å². The molecule has 0 radical (unpaired) electrons. The summed E-state index contributed by atoms with van der Waals surface area (Å²) in [6.45, 7) is 13.8. The molecule has 1 heterocycles. The van der Waals surface area contributed by atoms with Gasteiger partial charge in [0.05, 0.1) is 5.69 Å². The molecule has 6 nitrogen and oxygen atoms in total. The molecular weight excluding hydrogens is 486 g/mol. The molecule has 0 fully saturated rings. The Morgan fingerprint density at radius 1 is 1.25 bits per heavy atom. The maximum Gasteiger partial charge on any atom is 0.411 e. The molecule has 1 aromatic heterocycles. The first kappa shape index (κ1) is 26.4. The number of nitrogens with zero attached hydrogens (tertiary/aromatic N) is 2. The molecule has 0 aliphatic rings. The lowest BCUT2D eigenvalue weighted by Gasteiger charge is -2.18. The Bertz CT molecular complexity index is 914. The number of imidazole rings is 1. The predicted octanol–water partition coefficient (Wildman–Crippen LogP) is 6.60. The van der Waals surface area contributed by atoms with E-state index in [1.165, 1.54) is 0 Å². The zero-order valence-electron chi connectivity index (χ0n) is 20.1. The van der Waals surface area contributed by atoms with Gasteiger partial charge in [-0.3, -0.25) is 5.32 Å². The number of ether oxygens (including phenoxy) is 2. The minimum Gasteiger partial charge on any atom is -0.444 e. The lowest BCUT2D eigenvalue weighted by Crippen LogP contribution is -2.29. The number of rotatable bonds is 10. The molecule has 1 N–H and O–H groups in total. The fourth-order valence-electron chi connectivity index (χ4n) is 2.84. The van der Waals surface area contributed by atoms with Gasteiger partial charge in [0.1, 0.15) is 18.2 Å².